The van der Waals surface area contributed by atoms with Crippen LogP contribution in [-0.2, 0) is 14.3 Å². The Hall–Kier alpha value is -9.54. The molecule has 3 aliphatic heterocycles. The minimum absolute atomic E-state index is 0.0383. The van der Waals surface area contributed by atoms with Crippen LogP contribution in [0.25, 0.3) is 0 Å². The van der Waals surface area contributed by atoms with Crippen molar-refractivity contribution in [3.05, 3.63) is 182 Å². The number of aliphatic imine (C=N–C) groups is 1. The summed E-state index contributed by atoms with van der Waals surface area (Å²) in [6, 6.07) is 45.1. The van der Waals surface area contributed by atoms with Gasteiger partial charge in [0.15, 0.2) is 0 Å². The first kappa shape index (κ1) is 70.5. The lowest BCUT2D eigenvalue weighted by Crippen LogP contribution is -2.46. The second-order valence-electron chi connectivity index (χ2n) is 21.6. The third-order valence-corrected chi connectivity index (χ3v) is 14.7. The maximum absolute atomic E-state index is 13.1. The van der Waals surface area contributed by atoms with Crippen LogP contribution in [0.3, 0.4) is 0 Å². The number of likely N-dealkylation sites (tertiary alicyclic amines) is 3. The predicted molar refractivity (Wildman–Crippen MR) is 339 cm³/mol. The van der Waals surface area contributed by atoms with Gasteiger partial charge >= 0.3 is 37.0 Å². The van der Waals surface area contributed by atoms with Gasteiger partial charge in [-0.2, -0.15) is 4.99 Å². The lowest BCUT2D eigenvalue weighted by molar-refractivity contribution is -0.275. The van der Waals surface area contributed by atoms with E-state index in [4.69, 9.17) is 9.47 Å². The van der Waals surface area contributed by atoms with Crippen LogP contribution in [-0.4, -0.2) is 137 Å². The van der Waals surface area contributed by atoms with E-state index in [1.807, 2.05) is 79.7 Å². The average Bonchev–Trinajstić information content (AvgIpc) is 2.43. The Kier molecular flexibility index (Phi) is 28.1. The number of anilines is 5. The van der Waals surface area contributed by atoms with Crippen molar-refractivity contribution in [1.29, 1.82) is 0 Å². The summed E-state index contributed by atoms with van der Waals surface area (Å²) in [7, 11) is 2.77. The molecule has 3 N–H and O–H groups in total. The van der Waals surface area contributed by atoms with E-state index in [-0.39, 0.29) is 29.5 Å². The number of aryl methyl sites for hydroxylation is 1. The maximum atomic E-state index is 13.1. The number of amides is 6. The Morgan fingerprint density at radius 3 is 1.42 bits per heavy atom. The minimum atomic E-state index is -4.78. The quantitative estimate of drug-likeness (QED) is 0.0362. The normalized spacial score (nSPS) is 16.3. The number of para-hydroxylation sites is 3. The molecule has 3 heterocycles. The molecule has 3 atom stereocenters. The zero-order valence-electron chi connectivity index (χ0n) is 51.0. The second-order valence-corrected chi connectivity index (χ2v) is 21.6. The van der Waals surface area contributed by atoms with Crippen molar-refractivity contribution >= 4 is 64.5 Å². The number of rotatable bonds is 16. The summed E-state index contributed by atoms with van der Waals surface area (Å²) in [6.07, 6.45) is -0.853. The van der Waals surface area contributed by atoms with Gasteiger partial charge in [-0.3, -0.25) is 14.7 Å². The van der Waals surface area contributed by atoms with Crippen molar-refractivity contribution < 1.29 is 69.3 Å². The number of hydrogen-bond acceptors (Lipinski definition) is 12. The fourth-order valence-corrected chi connectivity index (χ4v) is 10.4. The van der Waals surface area contributed by atoms with E-state index in [9.17, 15) is 50.3 Å². The van der Waals surface area contributed by atoms with Gasteiger partial charge in [0, 0.05) is 87.3 Å². The largest absolute Gasteiger partial charge is 0.573 e. The third kappa shape index (κ3) is 25.5. The molecule has 0 bridgehead atoms. The number of piperidine rings is 3. The third-order valence-electron chi connectivity index (χ3n) is 14.7. The van der Waals surface area contributed by atoms with Crippen LogP contribution in [0, 0.1) is 24.7 Å². The highest BCUT2D eigenvalue weighted by molar-refractivity contribution is 6.02. The van der Waals surface area contributed by atoms with E-state index >= 15 is 0 Å². The van der Waals surface area contributed by atoms with Crippen molar-refractivity contribution in [2.24, 2.45) is 22.7 Å². The molecule has 0 saturated carbocycles. The van der Waals surface area contributed by atoms with E-state index in [1.54, 1.807) is 56.0 Å². The molecule has 0 spiro atoms. The molecule has 3 aliphatic rings. The van der Waals surface area contributed by atoms with Crippen LogP contribution in [0.1, 0.15) is 44.1 Å². The molecular formula is C67H77F6N9O9. The second kappa shape index (κ2) is 36.2. The summed E-state index contributed by atoms with van der Waals surface area (Å²) in [4.78, 5) is 71.7. The Bertz CT molecular complexity index is 3220. The molecule has 3 fully saturated rings. The van der Waals surface area contributed by atoms with E-state index in [0.29, 0.717) is 60.8 Å². The molecule has 0 aromatic heterocycles. The van der Waals surface area contributed by atoms with Gasteiger partial charge in [-0.05, 0) is 167 Å². The first-order chi connectivity index (χ1) is 43.7. The SMILES string of the molecule is C=CCN1CCCC(CN(C(=O)Nc2ccc(OC(F)(F)F)cc2)c2ccccc2)C1.COC(=O)N1CCCC(CN(C(=O)Nc2ccc(OC(F)(F)F)cc2)c2ccccc2)C1.COC(=O)N1CCCC(CNc2ccccc2)C1.Cc1ccc(N=C=O)cc1. The summed E-state index contributed by atoms with van der Waals surface area (Å²) in [6.45, 7) is 13.0. The number of nitrogens with zero attached hydrogens (tertiary/aromatic N) is 6. The lowest BCUT2D eigenvalue weighted by Gasteiger charge is -2.35. The van der Waals surface area contributed by atoms with Gasteiger partial charge in [0.05, 0.1) is 19.9 Å². The number of isocyanates is 1. The van der Waals surface area contributed by atoms with Crippen LogP contribution in [0.5, 0.6) is 11.5 Å². The van der Waals surface area contributed by atoms with Gasteiger partial charge in [0.25, 0.3) is 0 Å². The number of alkyl halides is 6. The Morgan fingerprint density at radius 2 is 0.989 bits per heavy atom. The summed E-state index contributed by atoms with van der Waals surface area (Å²) in [5.74, 6) is 0.132. The number of carbonyl (C=O) groups excluding carboxylic acids is 5. The molecule has 486 valence electrons. The number of nitrogens with one attached hydrogen (secondary N) is 3. The molecule has 9 rings (SSSR count). The highest BCUT2D eigenvalue weighted by atomic mass is 19.4. The number of methoxy groups -OCH3 is 2. The van der Waals surface area contributed by atoms with Gasteiger partial charge in [-0.1, -0.05) is 78.4 Å². The number of carbonyl (C=O) groups is 4. The molecule has 6 aromatic rings. The van der Waals surface area contributed by atoms with Crippen LogP contribution in [0.15, 0.2) is 181 Å². The summed E-state index contributed by atoms with van der Waals surface area (Å²) in [5, 5.41) is 8.90. The van der Waals surface area contributed by atoms with Crippen molar-refractivity contribution in [1.82, 2.24) is 14.7 Å². The highest BCUT2D eigenvalue weighted by Gasteiger charge is 2.33. The molecule has 18 nitrogen and oxygen atoms in total. The minimum Gasteiger partial charge on any atom is -0.453 e. The van der Waals surface area contributed by atoms with Gasteiger partial charge in [-0.15, -0.1) is 32.9 Å². The first-order valence-corrected chi connectivity index (χ1v) is 29.6. The van der Waals surface area contributed by atoms with Crippen LogP contribution in [0.2, 0.25) is 0 Å². The summed E-state index contributed by atoms with van der Waals surface area (Å²) in [5.41, 5.74) is 5.08. The standard InChI is InChI=1S/C23H26F3N3O2.C22H24F3N3O4.C14H20N2O2.C8H7NO/c1-2-14-28-15-6-7-18(16-28)17-29(20-8-4-3-5-9-20)22(30)27-19-10-12-21(13-11-19)31-23(24,25)26;1-31-21(30)27-13-5-6-16(14-27)15-28(18-7-3-2-4-8-18)20(29)26-17-9-11-19(12-10-17)32-22(23,24)25;1-18-14(17)16-9-5-6-12(11-16)10-15-13-7-3-2-4-8-13;1-7-2-4-8(5-3-7)9-6-10/h2-5,8-13,18H,1,6-7,14-17H2,(H,27,30);2-4,7-12,16H,5-6,13-15H2,1H3,(H,26,29);2-4,7-8,12,15H,5-6,9-11H2,1H3;2-5H,1H3. The molecule has 6 amide bonds. The molecule has 6 aromatic carbocycles. The molecular weight excluding hydrogens is 1190 g/mol. The number of benzene rings is 6. The van der Waals surface area contributed by atoms with Gasteiger partial charge in [0.2, 0.25) is 6.08 Å². The highest BCUT2D eigenvalue weighted by Crippen LogP contribution is 2.29. The van der Waals surface area contributed by atoms with Crippen molar-refractivity contribution in [3.8, 4) is 11.5 Å². The van der Waals surface area contributed by atoms with E-state index in [2.05, 4.69) is 54.0 Å². The Balaban J connectivity index is 0.000000207. The van der Waals surface area contributed by atoms with Gasteiger partial charge in [0.1, 0.15) is 11.5 Å². The fourth-order valence-electron chi connectivity index (χ4n) is 10.4. The number of ether oxygens (including phenoxy) is 4. The molecule has 0 radical (unpaired) electrons. The summed E-state index contributed by atoms with van der Waals surface area (Å²) >= 11 is 0. The zero-order valence-corrected chi connectivity index (χ0v) is 51.0. The molecule has 91 heavy (non-hydrogen) atoms. The van der Waals surface area contributed by atoms with E-state index < -0.39 is 24.8 Å². The van der Waals surface area contributed by atoms with Gasteiger partial charge < -0.3 is 44.7 Å². The fraction of sp³-hybridized carbons (Fsp3) is 0.358. The molecule has 3 unspecified atom stereocenters. The number of hydrogen-bond donors (Lipinski definition) is 3. The number of urea groups is 2. The zero-order chi connectivity index (χ0) is 65.6. The Labute approximate surface area is 526 Å². The van der Waals surface area contributed by atoms with Crippen LogP contribution in [0.4, 0.5) is 79.6 Å². The average molecular weight is 1270 g/mol. The topological polar surface area (TPSA) is 187 Å². The molecule has 0 aliphatic carbocycles. The maximum Gasteiger partial charge on any atom is 0.573 e. The van der Waals surface area contributed by atoms with Gasteiger partial charge in [-0.25, -0.2) is 24.0 Å². The van der Waals surface area contributed by atoms with Crippen molar-refractivity contribution in [2.75, 3.05) is 105 Å². The monoisotopic (exact) mass is 1270 g/mol. The summed E-state index contributed by atoms with van der Waals surface area (Å²) < 4.78 is 91.3. The molecule has 24 heteroatoms. The first-order valence-electron chi connectivity index (χ1n) is 29.6. The van der Waals surface area contributed by atoms with E-state index in [0.717, 1.165) is 107 Å². The van der Waals surface area contributed by atoms with E-state index in [1.165, 1.54) is 56.7 Å². The Morgan fingerprint density at radius 1 is 0.571 bits per heavy atom. The lowest BCUT2D eigenvalue weighted by atomic mass is 9.97. The molecule has 3 saturated heterocycles. The van der Waals surface area contributed by atoms with Crippen molar-refractivity contribution in [2.45, 2.75) is 58.2 Å². The van der Waals surface area contributed by atoms with Crippen LogP contribution < -0.4 is 35.2 Å². The van der Waals surface area contributed by atoms with Crippen LogP contribution >= 0.6 is 0 Å². The number of halogens is 6. The predicted octanol–water partition coefficient (Wildman–Crippen LogP) is 15.2. The van der Waals surface area contributed by atoms with Crippen molar-refractivity contribution in [3.63, 3.8) is 0 Å². The smallest absolute Gasteiger partial charge is 0.453 e.